The first-order valence-electron chi connectivity index (χ1n) is 8.62. The van der Waals surface area contributed by atoms with Crippen LogP contribution in [0.3, 0.4) is 0 Å². The van der Waals surface area contributed by atoms with Crippen molar-refractivity contribution in [2.45, 2.75) is 26.7 Å². The van der Waals surface area contributed by atoms with Crippen molar-refractivity contribution in [1.82, 2.24) is 0 Å². The third kappa shape index (κ3) is 4.97. The van der Waals surface area contributed by atoms with E-state index in [4.69, 9.17) is 0 Å². The van der Waals surface area contributed by atoms with Crippen LogP contribution in [-0.4, -0.2) is 12.4 Å². The molecule has 3 aromatic rings. The minimum Gasteiger partial charge on any atom is -0.255 e. The van der Waals surface area contributed by atoms with Gasteiger partial charge < -0.3 is 0 Å². The fraction of sp³-hybridized carbons (Fsp3) is 0.182. The number of hydrogen-bond donors (Lipinski definition) is 0. The summed E-state index contributed by atoms with van der Waals surface area (Å²) in [4.78, 5) is 11.4. The van der Waals surface area contributed by atoms with Crippen molar-refractivity contribution in [2.24, 2.45) is 9.98 Å². The zero-order valence-corrected chi connectivity index (χ0v) is 15.5. The van der Waals surface area contributed by atoms with Gasteiger partial charge in [-0.15, -0.1) is 11.3 Å². The number of thiophene rings is 1. The van der Waals surface area contributed by atoms with Crippen LogP contribution in [0.5, 0.6) is 0 Å². The molecule has 0 N–H and O–H groups in total. The molecule has 0 aliphatic carbocycles. The summed E-state index contributed by atoms with van der Waals surface area (Å²) in [7, 11) is 0. The lowest BCUT2D eigenvalue weighted by atomic mass is 10.1. The van der Waals surface area contributed by atoms with E-state index < -0.39 is 0 Å². The third-order valence-corrected chi connectivity index (χ3v) is 4.92. The molecule has 0 bridgehead atoms. The molecule has 0 fully saturated rings. The summed E-state index contributed by atoms with van der Waals surface area (Å²) in [5.74, 6) is 0. The minimum atomic E-state index is 0.999. The smallest absolute Gasteiger partial charge is 0.0632 e. The van der Waals surface area contributed by atoms with Gasteiger partial charge in [-0.1, -0.05) is 38.1 Å². The van der Waals surface area contributed by atoms with Gasteiger partial charge in [0.1, 0.15) is 0 Å². The molecule has 126 valence electrons. The van der Waals surface area contributed by atoms with Crippen molar-refractivity contribution in [2.75, 3.05) is 0 Å². The largest absolute Gasteiger partial charge is 0.255 e. The average Bonchev–Trinajstić information content (AvgIpc) is 3.13. The van der Waals surface area contributed by atoms with Crippen LogP contribution in [-0.2, 0) is 12.8 Å². The first kappa shape index (κ1) is 17.3. The molecule has 3 rings (SSSR count). The summed E-state index contributed by atoms with van der Waals surface area (Å²) in [5, 5.41) is 0. The van der Waals surface area contributed by atoms with Crippen LogP contribution in [0, 0.1) is 0 Å². The Morgan fingerprint density at radius 2 is 1.20 bits per heavy atom. The standard InChI is InChI=1S/C22H22N2S/c1-3-17-7-5-9-19(13-17)23-15-21-11-12-22(25-21)16-24-20-10-6-8-18(4-2)14-20/h5-16H,3-4H2,1-2H3. The molecule has 0 atom stereocenters. The van der Waals surface area contributed by atoms with E-state index in [1.807, 2.05) is 24.6 Å². The Morgan fingerprint density at radius 1 is 0.720 bits per heavy atom. The summed E-state index contributed by atoms with van der Waals surface area (Å²) in [6.45, 7) is 4.31. The lowest BCUT2D eigenvalue weighted by molar-refractivity contribution is 1.14. The number of aliphatic imine (C=N–C) groups is 2. The van der Waals surface area contributed by atoms with Gasteiger partial charge in [-0.3, -0.25) is 9.98 Å². The second-order valence-corrected chi connectivity index (χ2v) is 6.95. The van der Waals surface area contributed by atoms with E-state index in [-0.39, 0.29) is 0 Å². The molecule has 0 unspecified atom stereocenters. The predicted octanol–water partition coefficient (Wildman–Crippen LogP) is 6.37. The maximum atomic E-state index is 4.58. The van der Waals surface area contributed by atoms with Crippen molar-refractivity contribution in [3.63, 3.8) is 0 Å². The molecular weight excluding hydrogens is 324 g/mol. The van der Waals surface area contributed by atoms with Gasteiger partial charge in [0.2, 0.25) is 0 Å². The van der Waals surface area contributed by atoms with E-state index >= 15 is 0 Å². The highest BCUT2D eigenvalue weighted by atomic mass is 32.1. The summed E-state index contributed by atoms with van der Waals surface area (Å²) < 4.78 is 0. The van der Waals surface area contributed by atoms with Crippen molar-refractivity contribution in [3.8, 4) is 0 Å². The van der Waals surface area contributed by atoms with Gasteiger partial charge in [-0.05, 0) is 60.4 Å². The molecule has 0 spiro atoms. The summed E-state index contributed by atoms with van der Waals surface area (Å²) in [6, 6.07) is 20.9. The quantitative estimate of drug-likeness (QED) is 0.463. The maximum absolute atomic E-state index is 4.58. The Bertz CT molecular complexity index is 818. The normalized spacial score (nSPS) is 11.6. The Balaban J connectivity index is 1.69. The zero-order valence-electron chi connectivity index (χ0n) is 14.6. The molecule has 0 saturated carbocycles. The second kappa shape index (κ2) is 8.54. The highest BCUT2D eigenvalue weighted by molar-refractivity contribution is 7.15. The van der Waals surface area contributed by atoms with Crippen LogP contribution in [0.2, 0.25) is 0 Å². The third-order valence-electron chi connectivity index (χ3n) is 3.97. The minimum absolute atomic E-state index is 0.999. The SMILES string of the molecule is CCc1cccc(N=Cc2ccc(C=Nc3cccc(CC)c3)s2)c1. The molecule has 0 aliphatic rings. The van der Waals surface area contributed by atoms with Crippen LogP contribution >= 0.6 is 11.3 Å². The lowest BCUT2D eigenvalue weighted by Gasteiger charge is -1.97. The van der Waals surface area contributed by atoms with E-state index in [0.29, 0.717) is 0 Å². The van der Waals surface area contributed by atoms with Crippen LogP contribution in [0.25, 0.3) is 0 Å². The Kier molecular flexibility index (Phi) is 5.91. The molecule has 1 heterocycles. The molecule has 3 heteroatoms. The molecule has 0 saturated heterocycles. The molecule has 0 aliphatic heterocycles. The van der Waals surface area contributed by atoms with Gasteiger partial charge in [-0.25, -0.2) is 0 Å². The summed E-state index contributed by atoms with van der Waals surface area (Å²) in [6.07, 6.45) is 5.91. The number of benzene rings is 2. The lowest BCUT2D eigenvalue weighted by Crippen LogP contribution is -1.78. The number of hydrogen-bond acceptors (Lipinski definition) is 3. The second-order valence-electron chi connectivity index (χ2n) is 5.80. The van der Waals surface area contributed by atoms with Gasteiger partial charge in [0.25, 0.3) is 0 Å². The molecule has 25 heavy (non-hydrogen) atoms. The van der Waals surface area contributed by atoms with Crippen molar-refractivity contribution in [3.05, 3.63) is 81.5 Å². The Morgan fingerprint density at radius 3 is 1.64 bits per heavy atom. The fourth-order valence-electron chi connectivity index (χ4n) is 2.50. The van der Waals surface area contributed by atoms with Crippen LogP contribution in [0.4, 0.5) is 11.4 Å². The Hall–Kier alpha value is -2.52. The Labute approximate surface area is 153 Å². The number of aryl methyl sites for hydroxylation is 2. The van der Waals surface area contributed by atoms with Gasteiger partial charge in [-0.2, -0.15) is 0 Å². The van der Waals surface area contributed by atoms with E-state index in [2.05, 4.69) is 72.4 Å². The zero-order chi connectivity index (χ0) is 17.5. The van der Waals surface area contributed by atoms with E-state index in [9.17, 15) is 0 Å². The maximum Gasteiger partial charge on any atom is 0.0632 e. The first-order valence-corrected chi connectivity index (χ1v) is 9.44. The molecule has 0 amide bonds. The fourth-order valence-corrected chi connectivity index (χ4v) is 3.25. The van der Waals surface area contributed by atoms with Crippen LogP contribution in [0.1, 0.15) is 34.7 Å². The molecule has 1 aromatic heterocycles. The van der Waals surface area contributed by atoms with Crippen molar-refractivity contribution in [1.29, 1.82) is 0 Å². The molecule has 2 nitrogen and oxygen atoms in total. The van der Waals surface area contributed by atoms with Crippen molar-refractivity contribution >= 4 is 35.1 Å². The molecule has 2 aromatic carbocycles. The monoisotopic (exact) mass is 346 g/mol. The van der Waals surface area contributed by atoms with Gasteiger partial charge in [0, 0.05) is 22.2 Å². The van der Waals surface area contributed by atoms with E-state index in [1.54, 1.807) is 11.3 Å². The van der Waals surface area contributed by atoms with Crippen molar-refractivity contribution < 1.29 is 0 Å². The van der Waals surface area contributed by atoms with E-state index in [1.165, 1.54) is 11.1 Å². The first-order chi connectivity index (χ1) is 12.3. The highest BCUT2D eigenvalue weighted by Gasteiger charge is 1.97. The van der Waals surface area contributed by atoms with E-state index in [0.717, 1.165) is 34.0 Å². The van der Waals surface area contributed by atoms with Gasteiger partial charge >= 0.3 is 0 Å². The van der Waals surface area contributed by atoms with Crippen LogP contribution in [0.15, 0.2) is 70.6 Å². The number of rotatable bonds is 6. The molecule has 0 radical (unpaired) electrons. The van der Waals surface area contributed by atoms with Gasteiger partial charge in [0.05, 0.1) is 11.4 Å². The van der Waals surface area contributed by atoms with Crippen LogP contribution < -0.4 is 0 Å². The van der Waals surface area contributed by atoms with Gasteiger partial charge in [0.15, 0.2) is 0 Å². The average molecular weight is 346 g/mol. The topological polar surface area (TPSA) is 24.7 Å². The predicted molar refractivity (Wildman–Crippen MR) is 110 cm³/mol. The highest BCUT2D eigenvalue weighted by Crippen LogP contribution is 2.19. The summed E-state index contributed by atoms with van der Waals surface area (Å²) in [5.41, 5.74) is 4.62. The molecular formula is C22H22N2S. The number of nitrogens with zero attached hydrogens (tertiary/aromatic N) is 2. The summed E-state index contributed by atoms with van der Waals surface area (Å²) >= 11 is 1.69.